The van der Waals surface area contributed by atoms with Crippen LogP contribution in [0.3, 0.4) is 0 Å². The molecule has 0 aromatic rings. The highest BCUT2D eigenvalue weighted by molar-refractivity contribution is 8.00. The summed E-state index contributed by atoms with van der Waals surface area (Å²) >= 11 is 1.90. The van der Waals surface area contributed by atoms with Gasteiger partial charge < -0.3 is 4.74 Å². The van der Waals surface area contributed by atoms with Gasteiger partial charge in [0.2, 0.25) is 0 Å². The summed E-state index contributed by atoms with van der Waals surface area (Å²) < 4.78 is 5.31. The lowest BCUT2D eigenvalue weighted by molar-refractivity contribution is -0.153. The minimum atomic E-state index is -0.485. The van der Waals surface area contributed by atoms with E-state index in [4.69, 9.17) is 4.74 Å². The Bertz CT molecular complexity index is 307. The molecule has 0 radical (unpaired) electrons. The number of esters is 1. The van der Waals surface area contributed by atoms with Crippen molar-refractivity contribution in [3.8, 4) is 0 Å². The molecule has 3 nitrogen and oxygen atoms in total. The summed E-state index contributed by atoms with van der Waals surface area (Å²) in [6.07, 6.45) is 5.94. The summed E-state index contributed by atoms with van der Waals surface area (Å²) in [6, 6.07) is 0.285. The van der Waals surface area contributed by atoms with Crippen LogP contribution in [0.25, 0.3) is 0 Å². The molecule has 1 fully saturated rings. The second-order valence-corrected chi connectivity index (χ2v) is 6.78. The molecule has 0 aromatic carbocycles. The Hall–Kier alpha value is -0.480. The summed E-state index contributed by atoms with van der Waals surface area (Å²) in [5, 5.41) is 3.99. The van der Waals surface area contributed by atoms with Gasteiger partial charge in [-0.2, -0.15) is 11.8 Å². The lowest BCUT2D eigenvalue weighted by atomic mass is 9.80. The second kappa shape index (κ2) is 7.95. The van der Waals surface area contributed by atoms with Gasteiger partial charge in [0.25, 0.3) is 0 Å². The Balaban J connectivity index is 2.77. The highest BCUT2D eigenvalue weighted by atomic mass is 32.2. The Morgan fingerprint density at radius 1 is 1.63 bits per heavy atom. The van der Waals surface area contributed by atoms with Crippen molar-refractivity contribution in [3.05, 3.63) is 12.7 Å². The maximum atomic E-state index is 12.4. The zero-order chi connectivity index (χ0) is 14.3. The number of thioether (sulfide) groups is 1. The van der Waals surface area contributed by atoms with E-state index >= 15 is 0 Å². The minimum Gasteiger partial charge on any atom is -0.465 e. The minimum absolute atomic E-state index is 0.0763. The van der Waals surface area contributed by atoms with Crippen molar-refractivity contribution in [3.63, 3.8) is 0 Å². The SMILES string of the molecule is C=CCSC1CCCC(NC(C)C)(C(=O)OCC)C1. The third-order valence-electron chi connectivity index (χ3n) is 3.39. The van der Waals surface area contributed by atoms with Crippen LogP contribution in [0, 0.1) is 0 Å². The van der Waals surface area contributed by atoms with E-state index in [1.54, 1.807) is 0 Å². The number of hydrogen-bond acceptors (Lipinski definition) is 4. The van der Waals surface area contributed by atoms with E-state index in [2.05, 4.69) is 25.7 Å². The molecule has 0 aromatic heterocycles. The van der Waals surface area contributed by atoms with Gasteiger partial charge in [-0.3, -0.25) is 10.1 Å². The first kappa shape index (κ1) is 16.6. The average Bonchev–Trinajstić information content (AvgIpc) is 2.36. The van der Waals surface area contributed by atoms with E-state index in [0.29, 0.717) is 11.9 Å². The third kappa shape index (κ3) is 4.84. The van der Waals surface area contributed by atoms with E-state index in [0.717, 1.165) is 25.0 Å². The van der Waals surface area contributed by atoms with Crippen LogP contribution in [0.2, 0.25) is 0 Å². The number of nitrogens with one attached hydrogen (secondary N) is 1. The van der Waals surface area contributed by atoms with Crippen molar-refractivity contribution in [2.45, 2.75) is 63.3 Å². The third-order valence-corrected chi connectivity index (χ3v) is 4.69. The van der Waals surface area contributed by atoms with E-state index in [9.17, 15) is 4.79 Å². The molecule has 1 saturated carbocycles. The zero-order valence-corrected chi connectivity index (χ0v) is 13.2. The number of rotatable bonds is 7. The maximum Gasteiger partial charge on any atom is 0.326 e. The first-order valence-corrected chi connectivity index (χ1v) is 8.26. The Morgan fingerprint density at radius 2 is 2.37 bits per heavy atom. The molecule has 2 unspecified atom stereocenters. The molecule has 0 aliphatic heterocycles. The molecule has 0 bridgehead atoms. The Morgan fingerprint density at radius 3 is 2.95 bits per heavy atom. The van der Waals surface area contributed by atoms with Crippen LogP contribution in [0.15, 0.2) is 12.7 Å². The molecule has 0 spiro atoms. The first-order valence-electron chi connectivity index (χ1n) is 7.21. The monoisotopic (exact) mass is 285 g/mol. The number of ether oxygens (including phenoxy) is 1. The van der Waals surface area contributed by atoms with Gasteiger partial charge in [-0.1, -0.05) is 6.08 Å². The molecule has 2 atom stereocenters. The van der Waals surface area contributed by atoms with Gasteiger partial charge in [-0.05, 0) is 46.5 Å². The molecule has 0 saturated heterocycles. The Kier molecular flexibility index (Phi) is 6.94. The summed E-state index contributed by atoms with van der Waals surface area (Å²) in [6.45, 7) is 10.3. The van der Waals surface area contributed by atoms with Gasteiger partial charge in [-0.15, -0.1) is 6.58 Å². The number of hydrogen-bond donors (Lipinski definition) is 1. The molecule has 0 heterocycles. The van der Waals surface area contributed by atoms with Crippen LogP contribution in [0.5, 0.6) is 0 Å². The van der Waals surface area contributed by atoms with Crippen molar-refractivity contribution < 1.29 is 9.53 Å². The zero-order valence-electron chi connectivity index (χ0n) is 12.4. The summed E-state index contributed by atoms with van der Waals surface area (Å²) in [5.74, 6) is 0.873. The average molecular weight is 285 g/mol. The molecule has 1 aliphatic rings. The predicted molar refractivity (Wildman–Crippen MR) is 82.5 cm³/mol. The van der Waals surface area contributed by atoms with Crippen molar-refractivity contribution >= 4 is 17.7 Å². The Labute approximate surface area is 121 Å². The fourth-order valence-electron chi connectivity index (χ4n) is 2.77. The fourth-order valence-corrected chi connectivity index (χ4v) is 3.91. The molecular weight excluding hydrogens is 258 g/mol. The van der Waals surface area contributed by atoms with Crippen LogP contribution in [0.1, 0.15) is 46.5 Å². The van der Waals surface area contributed by atoms with Crippen LogP contribution in [-0.2, 0) is 9.53 Å². The smallest absolute Gasteiger partial charge is 0.326 e. The number of carbonyl (C=O) groups excluding carboxylic acids is 1. The molecule has 110 valence electrons. The standard InChI is InChI=1S/C15H27NO2S/c1-5-10-19-13-8-7-9-15(11-13,16-12(3)4)14(17)18-6-2/h5,12-13,16H,1,6-11H2,2-4H3. The summed E-state index contributed by atoms with van der Waals surface area (Å²) in [5.41, 5.74) is -0.485. The fraction of sp³-hybridized carbons (Fsp3) is 0.800. The summed E-state index contributed by atoms with van der Waals surface area (Å²) in [7, 11) is 0. The van der Waals surface area contributed by atoms with Crippen molar-refractivity contribution in [2.24, 2.45) is 0 Å². The van der Waals surface area contributed by atoms with Crippen molar-refractivity contribution in [1.29, 1.82) is 0 Å². The number of carbonyl (C=O) groups is 1. The van der Waals surface area contributed by atoms with E-state index in [1.165, 1.54) is 6.42 Å². The quantitative estimate of drug-likeness (QED) is 0.576. The van der Waals surface area contributed by atoms with E-state index in [-0.39, 0.29) is 12.0 Å². The van der Waals surface area contributed by atoms with E-state index < -0.39 is 5.54 Å². The largest absolute Gasteiger partial charge is 0.465 e. The van der Waals surface area contributed by atoms with Gasteiger partial charge in [0.05, 0.1) is 6.61 Å². The van der Waals surface area contributed by atoms with Crippen LogP contribution in [0.4, 0.5) is 0 Å². The van der Waals surface area contributed by atoms with Crippen LogP contribution >= 0.6 is 11.8 Å². The molecule has 1 rings (SSSR count). The van der Waals surface area contributed by atoms with Gasteiger partial charge >= 0.3 is 5.97 Å². The highest BCUT2D eigenvalue weighted by Crippen LogP contribution is 2.36. The molecule has 0 amide bonds. The lowest BCUT2D eigenvalue weighted by Gasteiger charge is -2.40. The van der Waals surface area contributed by atoms with Gasteiger partial charge in [0.1, 0.15) is 5.54 Å². The van der Waals surface area contributed by atoms with Crippen LogP contribution in [-0.4, -0.2) is 35.2 Å². The van der Waals surface area contributed by atoms with Gasteiger partial charge in [-0.25, -0.2) is 0 Å². The molecule has 1 N–H and O–H groups in total. The molecule has 1 aliphatic carbocycles. The predicted octanol–water partition coefficient (Wildman–Crippen LogP) is 3.15. The maximum absolute atomic E-state index is 12.4. The van der Waals surface area contributed by atoms with Crippen molar-refractivity contribution in [2.75, 3.05) is 12.4 Å². The van der Waals surface area contributed by atoms with Crippen LogP contribution < -0.4 is 5.32 Å². The summed E-state index contributed by atoms with van der Waals surface area (Å²) in [4.78, 5) is 12.4. The second-order valence-electron chi connectivity index (χ2n) is 5.44. The normalized spacial score (nSPS) is 27.3. The molecule has 19 heavy (non-hydrogen) atoms. The van der Waals surface area contributed by atoms with Gasteiger partial charge in [0.15, 0.2) is 0 Å². The highest BCUT2D eigenvalue weighted by Gasteiger charge is 2.44. The lowest BCUT2D eigenvalue weighted by Crippen LogP contribution is -2.58. The van der Waals surface area contributed by atoms with Crippen molar-refractivity contribution in [1.82, 2.24) is 5.32 Å². The molecular formula is C15H27NO2S. The van der Waals surface area contributed by atoms with Gasteiger partial charge in [0, 0.05) is 17.0 Å². The topological polar surface area (TPSA) is 38.3 Å². The van der Waals surface area contributed by atoms with E-state index in [1.807, 2.05) is 24.8 Å². The molecule has 4 heteroatoms. The first-order chi connectivity index (χ1) is 9.04.